The monoisotopic (exact) mass is 738 g/mol. The van der Waals surface area contributed by atoms with E-state index in [1.807, 2.05) is 0 Å². The lowest BCUT2D eigenvalue weighted by Crippen LogP contribution is -2.11. The quantitative estimate of drug-likeness (QED) is 0.148. The minimum absolute atomic E-state index is 1.09. The van der Waals surface area contributed by atoms with Crippen molar-refractivity contribution in [2.75, 3.05) is 4.90 Å². The molecule has 0 saturated heterocycles. The van der Waals surface area contributed by atoms with Crippen molar-refractivity contribution in [3.05, 3.63) is 231 Å². The molecule has 0 N–H and O–H groups in total. The fourth-order valence-corrected chi connectivity index (χ4v) is 8.87. The molecule has 11 aromatic rings. The van der Waals surface area contributed by atoms with Crippen molar-refractivity contribution in [3.8, 4) is 39.1 Å². The fraction of sp³-hybridized carbons (Fsp3) is 0. The molecule has 1 aromatic heterocycles. The van der Waals surface area contributed by atoms with Crippen molar-refractivity contribution < 1.29 is 0 Å². The van der Waals surface area contributed by atoms with Crippen LogP contribution in [0.25, 0.3) is 82.4 Å². The van der Waals surface area contributed by atoms with Crippen LogP contribution in [0.15, 0.2) is 231 Å². The molecule has 0 spiro atoms. The fourth-order valence-electron chi connectivity index (χ4n) is 8.87. The molecule has 11 rings (SSSR count). The number of aromatic nitrogens is 1. The molecule has 2 nitrogen and oxygen atoms in total. The second kappa shape index (κ2) is 14.1. The van der Waals surface area contributed by atoms with E-state index in [-0.39, 0.29) is 0 Å². The molecule has 2 heteroatoms. The van der Waals surface area contributed by atoms with E-state index in [4.69, 9.17) is 0 Å². The van der Waals surface area contributed by atoms with Gasteiger partial charge in [-0.1, -0.05) is 182 Å². The van der Waals surface area contributed by atoms with Crippen molar-refractivity contribution in [2.24, 2.45) is 0 Å². The van der Waals surface area contributed by atoms with Crippen LogP contribution in [-0.4, -0.2) is 4.57 Å². The Bertz CT molecular complexity index is 3290. The maximum atomic E-state index is 2.46. The van der Waals surface area contributed by atoms with E-state index in [0.717, 1.165) is 28.3 Å². The zero-order chi connectivity index (χ0) is 38.4. The van der Waals surface area contributed by atoms with Gasteiger partial charge in [0.25, 0.3) is 0 Å². The molecular formula is C56H38N2. The van der Waals surface area contributed by atoms with E-state index in [2.05, 4.69) is 240 Å². The van der Waals surface area contributed by atoms with Crippen LogP contribution in [0.3, 0.4) is 0 Å². The van der Waals surface area contributed by atoms with Crippen molar-refractivity contribution in [3.63, 3.8) is 0 Å². The highest BCUT2D eigenvalue weighted by Gasteiger charge is 2.21. The van der Waals surface area contributed by atoms with Gasteiger partial charge in [-0.05, 0) is 92.5 Å². The third-order valence-electron chi connectivity index (χ3n) is 11.5. The highest BCUT2D eigenvalue weighted by Crippen LogP contribution is 2.45. The van der Waals surface area contributed by atoms with Crippen LogP contribution in [0.5, 0.6) is 0 Å². The van der Waals surface area contributed by atoms with Gasteiger partial charge in [0.1, 0.15) is 0 Å². The summed E-state index contributed by atoms with van der Waals surface area (Å²) in [5.74, 6) is 0. The molecule has 0 amide bonds. The molecule has 0 radical (unpaired) electrons. The van der Waals surface area contributed by atoms with Gasteiger partial charge in [-0.25, -0.2) is 0 Å². The summed E-state index contributed by atoms with van der Waals surface area (Å²) >= 11 is 0. The maximum absolute atomic E-state index is 2.46. The van der Waals surface area contributed by atoms with E-state index >= 15 is 0 Å². The Balaban J connectivity index is 1.13. The largest absolute Gasteiger partial charge is 0.310 e. The summed E-state index contributed by atoms with van der Waals surface area (Å²) in [6.07, 6.45) is 0. The summed E-state index contributed by atoms with van der Waals surface area (Å²) in [6.45, 7) is 0. The van der Waals surface area contributed by atoms with Crippen molar-refractivity contribution in [1.29, 1.82) is 0 Å². The van der Waals surface area contributed by atoms with Crippen LogP contribution in [0.2, 0.25) is 0 Å². The van der Waals surface area contributed by atoms with Gasteiger partial charge in [-0.3, -0.25) is 0 Å². The number of rotatable bonds is 7. The SMILES string of the molecule is c1ccc(-c2cccc(N(c3cccc(-c4ccccc4-n4c5ccccc5c5ccc(-c6ccccc6)cc54)c3)c3cc4ccccc4c4ccccc34)c2)cc1. The Morgan fingerprint density at radius 2 is 0.828 bits per heavy atom. The molecule has 0 atom stereocenters. The summed E-state index contributed by atoms with van der Waals surface area (Å²) < 4.78 is 2.46. The van der Waals surface area contributed by atoms with E-state index in [0.29, 0.717) is 0 Å². The Kier molecular flexibility index (Phi) is 8.19. The van der Waals surface area contributed by atoms with E-state index in [1.165, 1.54) is 71.2 Å². The number of fused-ring (bicyclic) bond motifs is 6. The lowest BCUT2D eigenvalue weighted by atomic mass is 9.97. The smallest absolute Gasteiger partial charge is 0.0547 e. The summed E-state index contributed by atoms with van der Waals surface area (Å²) in [6, 6.07) is 83.8. The third-order valence-corrected chi connectivity index (χ3v) is 11.5. The predicted molar refractivity (Wildman–Crippen MR) is 247 cm³/mol. The average Bonchev–Trinajstić information content (AvgIpc) is 3.63. The maximum Gasteiger partial charge on any atom is 0.0547 e. The van der Waals surface area contributed by atoms with Gasteiger partial charge >= 0.3 is 0 Å². The van der Waals surface area contributed by atoms with Gasteiger partial charge in [0, 0.05) is 33.1 Å². The summed E-state index contributed by atoms with van der Waals surface area (Å²) in [4.78, 5) is 2.44. The topological polar surface area (TPSA) is 8.17 Å². The summed E-state index contributed by atoms with van der Waals surface area (Å²) in [5.41, 5.74) is 13.9. The average molecular weight is 739 g/mol. The Morgan fingerprint density at radius 1 is 0.293 bits per heavy atom. The molecule has 0 aliphatic rings. The molecule has 10 aromatic carbocycles. The molecule has 0 bridgehead atoms. The second-order valence-electron chi connectivity index (χ2n) is 14.9. The van der Waals surface area contributed by atoms with Crippen LogP contribution in [-0.2, 0) is 0 Å². The predicted octanol–water partition coefficient (Wildman–Crippen LogP) is 15.6. The number of hydrogen-bond acceptors (Lipinski definition) is 1. The lowest BCUT2D eigenvalue weighted by molar-refractivity contribution is 1.18. The van der Waals surface area contributed by atoms with E-state index in [9.17, 15) is 0 Å². The van der Waals surface area contributed by atoms with Gasteiger partial charge in [-0.15, -0.1) is 0 Å². The van der Waals surface area contributed by atoms with Crippen LogP contribution < -0.4 is 4.90 Å². The normalized spacial score (nSPS) is 11.4. The molecule has 0 fully saturated rings. The first-order valence-electron chi connectivity index (χ1n) is 19.9. The van der Waals surface area contributed by atoms with Crippen molar-refractivity contribution in [1.82, 2.24) is 4.57 Å². The van der Waals surface area contributed by atoms with Crippen LogP contribution in [0.4, 0.5) is 17.1 Å². The first-order valence-corrected chi connectivity index (χ1v) is 19.9. The molecule has 58 heavy (non-hydrogen) atoms. The molecule has 0 aliphatic carbocycles. The second-order valence-corrected chi connectivity index (χ2v) is 14.9. The first kappa shape index (κ1) is 33.6. The third kappa shape index (κ3) is 5.74. The minimum atomic E-state index is 1.09. The van der Waals surface area contributed by atoms with Gasteiger partial charge in [0.15, 0.2) is 0 Å². The van der Waals surface area contributed by atoms with Gasteiger partial charge in [0.05, 0.1) is 22.4 Å². The van der Waals surface area contributed by atoms with Gasteiger partial charge in [-0.2, -0.15) is 0 Å². The molecule has 0 aliphatic heterocycles. The standard InChI is InChI=1S/C56H38N2/c1-3-17-39(18-4-1)41-22-15-24-45(35-41)57(55-38-44-21-7-8-26-47(44)49-28-9-10-29-50(49)55)46-25-16-23-43(36-46)48-27-11-13-31-53(48)58-54-32-14-12-30-51(54)52-34-33-42(37-56(52)58)40-19-5-2-6-20-40/h1-38H. The highest BCUT2D eigenvalue weighted by molar-refractivity contribution is 6.15. The van der Waals surface area contributed by atoms with Crippen molar-refractivity contribution in [2.45, 2.75) is 0 Å². The van der Waals surface area contributed by atoms with E-state index in [1.54, 1.807) is 0 Å². The Morgan fingerprint density at radius 3 is 1.59 bits per heavy atom. The first-order chi connectivity index (χ1) is 28.8. The Hall–Kier alpha value is -7.68. The number of anilines is 3. The number of para-hydroxylation sites is 2. The van der Waals surface area contributed by atoms with Crippen molar-refractivity contribution >= 4 is 60.4 Å². The highest BCUT2D eigenvalue weighted by atomic mass is 15.1. The number of nitrogens with zero attached hydrogens (tertiary/aromatic N) is 2. The summed E-state index contributed by atoms with van der Waals surface area (Å²) in [7, 11) is 0. The number of hydrogen-bond donors (Lipinski definition) is 0. The van der Waals surface area contributed by atoms with Crippen LogP contribution >= 0.6 is 0 Å². The molecule has 1 heterocycles. The summed E-state index contributed by atoms with van der Waals surface area (Å²) in [5, 5.41) is 7.39. The minimum Gasteiger partial charge on any atom is -0.310 e. The zero-order valence-electron chi connectivity index (χ0n) is 31.8. The lowest BCUT2D eigenvalue weighted by Gasteiger charge is -2.28. The van der Waals surface area contributed by atoms with Crippen LogP contribution in [0, 0.1) is 0 Å². The Labute approximate surface area is 338 Å². The number of benzene rings is 10. The molecule has 0 unspecified atom stereocenters. The van der Waals surface area contributed by atoms with Crippen LogP contribution in [0.1, 0.15) is 0 Å². The molecular weight excluding hydrogens is 701 g/mol. The zero-order valence-corrected chi connectivity index (χ0v) is 31.8. The molecule has 0 saturated carbocycles. The van der Waals surface area contributed by atoms with Gasteiger partial charge in [0.2, 0.25) is 0 Å². The molecule has 272 valence electrons. The van der Waals surface area contributed by atoms with Gasteiger partial charge < -0.3 is 9.47 Å². The van der Waals surface area contributed by atoms with E-state index < -0.39 is 0 Å².